The molecule has 0 bridgehead atoms. The number of halogens is 1. The van der Waals surface area contributed by atoms with E-state index in [2.05, 4.69) is 17.1 Å². The Morgan fingerprint density at radius 2 is 1.85 bits per heavy atom. The maximum Gasteiger partial charge on any atom is 0.322 e. The van der Waals surface area contributed by atoms with Crippen LogP contribution in [0.4, 0.5) is 14.9 Å². The average Bonchev–Trinajstić information content (AvgIpc) is 2.64. The molecule has 1 N–H and O–H groups in total. The van der Waals surface area contributed by atoms with Crippen molar-refractivity contribution in [1.82, 2.24) is 14.7 Å². The third kappa shape index (κ3) is 4.52. The molecule has 2 aliphatic rings. The van der Waals surface area contributed by atoms with E-state index in [0.717, 1.165) is 19.4 Å². The van der Waals surface area contributed by atoms with Crippen LogP contribution in [0.1, 0.15) is 26.2 Å². The standard InChI is InChI=1S/C19H27FN4O2/c1-15-6-4-5-9-24(15)18(25)14-22-10-12-23(13-11-22)19(26)21-17-8-3-2-7-16(17)20/h2-3,7-8,15H,4-6,9-14H2,1H3,(H,21,26). The van der Waals surface area contributed by atoms with Crippen LogP contribution >= 0.6 is 0 Å². The van der Waals surface area contributed by atoms with Crippen LogP contribution in [0.3, 0.4) is 0 Å². The lowest BCUT2D eigenvalue weighted by atomic mass is 10.0. The van der Waals surface area contributed by atoms with E-state index in [-0.39, 0.29) is 17.6 Å². The molecular formula is C19H27FN4O2. The van der Waals surface area contributed by atoms with Gasteiger partial charge in [-0.25, -0.2) is 9.18 Å². The number of nitrogens with zero attached hydrogens (tertiary/aromatic N) is 3. The second-order valence-corrected chi connectivity index (χ2v) is 7.11. The van der Waals surface area contributed by atoms with E-state index in [0.29, 0.717) is 38.8 Å². The topological polar surface area (TPSA) is 55.9 Å². The summed E-state index contributed by atoms with van der Waals surface area (Å²) in [6, 6.07) is 6.16. The van der Waals surface area contributed by atoms with Gasteiger partial charge in [-0.15, -0.1) is 0 Å². The fourth-order valence-electron chi connectivity index (χ4n) is 3.62. The highest BCUT2D eigenvalue weighted by molar-refractivity contribution is 5.89. The van der Waals surface area contributed by atoms with E-state index < -0.39 is 5.82 Å². The number of benzene rings is 1. The monoisotopic (exact) mass is 362 g/mol. The predicted molar refractivity (Wildman–Crippen MR) is 98.5 cm³/mol. The lowest BCUT2D eigenvalue weighted by Gasteiger charge is -2.38. The van der Waals surface area contributed by atoms with Crippen molar-refractivity contribution in [2.75, 3.05) is 44.6 Å². The molecule has 0 aliphatic carbocycles. The Morgan fingerprint density at radius 3 is 2.54 bits per heavy atom. The van der Waals surface area contributed by atoms with Gasteiger partial charge in [-0.2, -0.15) is 0 Å². The van der Waals surface area contributed by atoms with Gasteiger partial charge in [-0.3, -0.25) is 9.69 Å². The van der Waals surface area contributed by atoms with E-state index in [1.165, 1.54) is 12.5 Å². The van der Waals surface area contributed by atoms with E-state index in [1.807, 2.05) is 4.90 Å². The van der Waals surface area contributed by atoms with E-state index in [9.17, 15) is 14.0 Å². The first-order valence-electron chi connectivity index (χ1n) is 9.37. The smallest absolute Gasteiger partial charge is 0.322 e. The Bertz CT molecular complexity index is 646. The summed E-state index contributed by atoms with van der Waals surface area (Å²) in [5, 5.41) is 2.61. The van der Waals surface area contributed by atoms with Gasteiger partial charge < -0.3 is 15.1 Å². The second-order valence-electron chi connectivity index (χ2n) is 7.11. The molecule has 2 saturated heterocycles. The molecule has 2 heterocycles. The Kier molecular flexibility index (Phi) is 6.08. The molecule has 142 valence electrons. The molecule has 26 heavy (non-hydrogen) atoms. The number of anilines is 1. The van der Waals surface area contributed by atoms with Gasteiger partial charge in [-0.05, 0) is 38.3 Å². The van der Waals surface area contributed by atoms with Crippen LogP contribution in [0.15, 0.2) is 24.3 Å². The Hall–Kier alpha value is -2.15. The molecule has 2 fully saturated rings. The molecule has 0 aromatic heterocycles. The highest BCUT2D eigenvalue weighted by atomic mass is 19.1. The molecule has 1 unspecified atom stereocenters. The fourth-order valence-corrected chi connectivity index (χ4v) is 3.62. The maximum atomic E-state index is 13.6. The van der Waals surface area contributed by atoms with Crippen molar-refractivity contribution in [3.8, 4) is 0 Å². The molecule has 1 aromatic rings. The summed E-state index contributed by atoms with van der Waals surface area (Å²) < 4.78 is 13.6. The summed E-state index contributed by atoms with van der Waals surface area (Å²) in [6.07, 6.45) is 3.36. The van der Waals surface area contributed by atoms with Crippen LogP contribution in [0.2, 0.25) is 0 Å². The van der Waals surface area contributed by atoms with Gasteiger partial charge in [0.25, 0.3) is 0 Å². The number of para-hydroxylation sites is 1. The van der Waals surface area contributed by atoms with Crippen molar-refractivity contribution in [3.05, 3.63) is 30.1 Å². The number of nitrogens with one attached hydrogen (secondary N) is 1. The van der Waals surface area contributed by atoms with E-state index in [4.69, 9.17) is 0 Å². The molecule has 0 radical (unpaired) electrons. The zero-order chi connectivity index (χ0) is 18.5. The molecule has 6 nitrogen and oxygen atoms in total. The summed E-state index contributed by atoms with van der Waals surface area (Å²) in [5.74, 6) is -0.262. The predicted octanol–water partition coefficient (Wildman–Crippen LogP) is 2.38. The van der Waals surface area contributed by atoms with Crippen LogP contribution in [-0.4, -0.2) is 71.9 Å². The highest BCUT2D eigenvalue weighted by Crippen LogP contribution is 2.17. The minimum Gasteiger partial charge on any atom is -0.339 e. The Morgan fingerprint density at radius 1 is 1.12 bits per heavy atom. The maximum absolute atomic E-state index is 13.6. The number of carbonyl (C=O) groups is 2. The van der Waals surface area contributed by atoms with Crippen LogP contribution in [-0.2, 0) is 4.79 Å². The summed E-state index contributed by atoms with van der Waals surface area (Å²) in [4.78, 5) is 30.6. The molecular weight excluding hydrogens is 335 g/mol. The summed E-state index contributed by atoms with van der Waals surface area (Å²) in [7, 11) is 0. The number of rotatable bonds is 3. The molecule has 0 saturated carbocycles. The summed E-state index contributed by atoms with van der Waals surface area (Å²) in [5.41, 5.74) is 0.189. The molecule has 7 heteroatoms. The fraction of sp³-hybridized carbons (Fsp3) is 0.579. The minimum atomic E-state index is -0.444. The van der Waals surface area contributed by atoms with Crippen molar-refractivity contribution < 1.29 is 14.0 Å². The third-order valence-electron chi connectivity index (χ3n) is 5.26. The number of urea groups is 1. The van der Waals surface area contributed by atoms with Gasteiger partial charge in [0.1, 0.15) is 5.82 Å². The average molecular weight is 362 g/mol. The molecule has 3 rings (SSSR count). The lowest BCUT2D eigenvalue weighted by molar-refractivity contribution is -0.136. The van der Waals surface area contributed by atoms with Crippen LogP contribution < -0.4 is 5.32 Å². The first-order chi connectivity index (χ1) is 12.5. The van der Waals surface area contributed by atoms with Crippen molar-refractivity contribution in [3.63, 3.8) is 0 Å². The van der Waals surface area contributed by atoms with Crippen LogP contribution in [0.25, 0.3) is 0 Å². The zero-order valence-corrected chi connectivity index (χ0v) is 15.3. The second kappa shape index (κ2) is 8.49. The summed E-state index contributed by atoms with van der Waals surface area (Å²) in [6.45, 7) is 5.74. The SMILES string of the molecule is CC1CCCCN1C(=O)CN1CCN(C(=O)Nc2ccccc2F)CC1. The highest BCUT2D eigenvalue weighted by Gasteiger charge is 2.27. The van der Waals surface area contributed by atoms with Gasteiger partial charge in [0, 0.05) is 38.8 Å². The number of piperidine rings is 1. The number of likely N-dealkylation sites (tertiary alicyclic amines) is 1. The van der Waals surface area contributed by atoms with E-state index in [1.54, 1.807) is 23.1 Å². The number of piperazine rings is 1. The third-order valence-corrected chi connectivity index (χ3v) is 5.26. The Labute approximate surface area is 153 Å². The molecule has 2 aliphatic heterocycles. The first-order valence-corrected chi connectivity index (χ1v) is 9.37. The minimum absolute atomic E-state index is 0.182. The molecule has 0 spiro atoms. The lowest BCUT2D eigenvalue weighted by Crippen LogP contribution is -2.53. The summed E-state index contributed by atoms with van der Waals surface area (Å²) >= 11 is 0. The number of hydrogen-bond acceptors (Lipinski definition) is 3. The van der Waals surface area contributed by atoms with Crippen molar-refractivity contribution in [2.45, 2.75) is 32.2 Å². The first kappa shape index (κ1) is 18.6. The normalized spacial score (nSPS) is 21.5. The van der Waals surface area contributed by atoms with Gasteiger partial charge >= 0.3 is 6.03 Å². The number of hydrogen-bond donors (Lipinski definition) is 1. The van der Waals surface area contributed by atoms with Crippen LogP contribution in [0, 0.1) is 5.82 Å². The number of carbonyl (C=O) groups excluding carboxylic acids is 2. The largest absolute Gasteiger partial charge is 0.339 e. The van der Waals surface area contributed by atoms with Gasteiger partial charge in [0.2, 0.25) is 5.91 Å². The van der Waals surface area contributed by atoms with Crippen molar-refractivity contribution in [2.24, 2.45) is 0 Å². The molecule has 1 aromatic carbocycles. The number of amides is 3. The van der Waals surface area contributed by atoms with Crippen molar-refractivity contribution in [1.29, 1.82) is 0 Å². The Balaban J connectivity index is 1.46. The van der Waals surface area contributed by atoms with Gasteiger partial charge in [-0.1, -0.05) is 12.1 Å². The molecule has 3 amide bonds. The van der Waals surface area contributed by atoms with E-state index >= 15 is 0 Å². The quantitative estimate of drug-likeness (QED) is 0.898. The van der Waals surface area contributed by atoms with Crippen molar-refractivity contribution >= 4 is 17.6 Å². The molecule has 1 atom stereocenters. The van der Waals surface area contributed by atoms with Crippen LogP contribution in [0.5, 0.6) is 0 Å². The van der Waals surface area contributed by atoms with Gasteiger partial charge in [0.15, 0.2) is 0 Å². The van der Waals surface area contributed by atoms with Gasteiger partial charge in [0.05, 0.1) is 12.2 Å². The zero-order valence-electron chi connectivity index (χ0n) is 15.3.